The maximum absolute atomic E-state index is 4.84. The highest BCUT2D eigenvalue weighted by Gasteiger charge is 2.36. The van der Waals surface area contributed by atoms with E-state index in [1.54, 1.807) is 0 Å². The van der Waals surface area contributed by atoms with Crippen molar-refractivity contribution in [1.29, 1.82) is 0 Å². The van der Waals surface area contributed by atoms with Crippen LogP contribution in [-0.2, 0) is 0 Å². The lowest BCUT2D eigenvalue weighted by molar-refractivity contribution is -0.652. The van der Waals surface area contributed by atoms with Gasteiger partial charge in [0.15, 0.2) is 0 Å². The van der Waals surface area contributed by atoms with E-state index in [9.17, 15) is 0 Å². The number of nitrogens with zero attached hydrogens (tertiary/aromatic N) is 3. The van der Waals surface area contributed by atoms with E-state index >= 15 is 0 Å². The summed E-state index contributed by atoms with van der Waals surface area (Å²) < 4.78 is 2.04. The molecule has 1 aliphatic carbocycles. The summed E-state index contributed by atoms with van der Waals surface area (Å²) in [7, 11) is 0. The van der Waals surface area contributed by atoms with Crippen molar-refractivity contribution in [1.82, 2.24) is 10.5 Å². The predicted octanol–water partition coefficient (Wildman–Crippen LogP) is 4.64. The Balaban J connectivity index is 1.90. The van der Waals surface area contributed by atoms with Crippen molar-refractivity contribution in [3.05, 3.63) is 94.4 Å². The SMILES string of the molecule is CC1=NNC(C)=C([n+]2nc(C)ccc2C)C1=C1c2ccccc2-c2ccccc21. The summed E-state index contributed by atoms with van der Waals surface area (Å²) in [4.78, 5) is 0. The van der Waals surface area contributed by atoms with Crippen LogP contribution in [0.25, 0.3) is 22.4 Å². The van der Waals surface area contributed by atoms with Crippen LogP contribution in [0, 0.1) is 13.8 Å². The molecule has 4 heteroatoms. The van der Waals surface area contributed by atoms with Crippen molar-refractivity contribution in [2.45, 2.75) is 27.7 Å². The Hall–Kier alpha value is -3.53. The third-order valence-corrected chi connectivity index (χ3v) is 5.65. The summed E-state index contributed by atoms with van der Waals surface area (Å²) in [6.07, 6.45) is 0. The van der Waals surface area contributed by atoms with E-state index in [0.29, 0.717) is 0 Å². The minimum atomic E-state index is 0.960. The maximum atomic E-state index is 4.84. The molecule has 0 saturated heterocycles. The van der Waals surface area contributed by atoms with E-state index in [-0.39, 0.29) is 0 Å². The Labute approximate surface area is 170 Å². The molecule has 1 N–H and O–H groups in total. The van der Waals surface area contributed by atoms with E-state index in [2.05, 4.69) is 85.9 Å². The Morgan fingerprint density at radius 1 is 0.690 bits per heavy atom. The summed E-state index contributed by atoms with van der Waals surface area (Å²) in [5.74, 6) is 0. The summed E-state index contributed by atoms with van der Waals surface area (Å²) in [5, 5.41) is 9.46. The third-order valence-electron chi connectivity index (χ3n) is 5.65. The Kier molecular flexibility index (Phi) is 3.95. The van der Waals surface area contributed by atoms with Crippen LogP contribution in [0.15, 0.2) is 77.0 Å². The van der Waals surface area contributed by atoms with Gasteiger partial charge in [-0.05, 0) is 53.8 Å². The summed E-state index contributed by atoms with van der Waals surface area (Å²) in [6.45, 7) is 8.24. The second-order valence-corrected chi connectivity index (χ2v) is 7.65. The van der Waals surface area contributed by atoms with E-state index < -0.39 is 0 Å². The van der Waals surface area contributed by atoms with Crippen LogP contribution in [-0.4, -0.2) is 10.8 Å². The van der Waals surface area contributed by atoms with E-state index in [1.165, 1.54) is 27.8 Å². The molecule has 0 saturated carbocycles. The average molecular weight is 379 g/mol. The minimum absolute atomic E-state index is 0.960. The number of nitrogens with one attached hydrogen (secondary N) is 1. The van der Waals surface area contributed by atoms with Gasteiger partial charge in [0.25, 0.3) is 5.70 Å². The van der Waals surface area contributed by atoms with E-state index in [4.69, 9.17) is 5.10 Å². The van der Waals surface area contributed by atoms with Crippen molar-refractivity contribution in [2.24, 2.45) is 5.10 Å². The molecule has 0 bridgehead atoms. The lowest BCUT2D eigenvalue weighted by atomic mass is 9.91. The van der Waals surface area contributed by atoms with Gasteiger partial charge >= 0.3 is 0 Å². The second kappa shape index (κ2) is 6.52. The molecule has 0 spiro atoms. The molecule has 3 aromatic rings. The molecule has 2 aromatic carbocycles. The first-order valence-corrected chi connectivity index (χ1v) is 9.88. The highest BCUT2D eigenvalue weighted by molar-refractivity contribution is 6.20. The smallest absolute Gasteiger partial charge is 0.268 e. The summed E-state index contributed by atoms with van der Waals surface area (Å²) in [6, 6.07) is 21.4. The molecule has 0 radical (unpaired) electrons. The molecule has 29 heavy (non-hydrogen) atoms. The molecule has 4 nitrogen and oxygen atoms in total. The molecule has 0 fully saturated rings. The molecule has 1 aromatic heterocycles. The minimum Gasteiger partial charge on any atom is -0.276 e. The summed E-state index contributed by atoms with van der Waals surface area (Å²) >= 11 is 0. The number of aromatic nitrogens is 2. The second-order valence-electron chi connectivity index (χ2n) is 7.65. The van der Waals surface area contributed by atoms with Crippen LogP contribution in [0.3, 0.4) is 0 Å². The van der Waals surface area contributed by atoms with Crippen LogP contribution in [0.2, 0.25) is 0 Å². The number of hydrogen-bond acceptors (Lipinski definition) is 3. The van der Waals surface area contributed by atoms with Gasteiger partial charge in [-0.1, -0.05) is 48.5 Å². The van der Waals surface area contributed by atoms with Gasteiger partial charge in [0.05, 0.1) is 11.3 Å². The monoisotopic (exact) mass is 379 g/mol. The van der Waals surface area contributed by atoms with Crippen molar-refractivity contribution in [3.63, 3.8) is 0 Å². The molecule has 0 amide bonds. The van der Waals surface area contributed by atoms with Gasteiger partial charge in [-0.15, -0.1) is 0 Å². The van der Waals surface area contributed by atoms with Crippen molar-refractivity contribution < 1.29 is 4.68 Å². The molecule has 142 valence electrons. The van der Waals surface area contributed by atoms with Crippen LogP contribution < -0.4 is 10.1 Å². The molecule has 0 atom stereocenters. The van der Waals surface area contributed by atoms with Crippen molar-refractivity contribution in [3.8, 4) is 11.1 Å². The number of allylic oxidation sites excluding steroid dienone is 3. The van der Waals surface area contributed by atoms with Gasteiger partial charge in [-0.3, -0.25) is 5.43 Å². The quantitative estimate of drug-likeness (QED) is 0.490. The standard InChI is InChI=1S/C25H23N4/c1-15-13-14-16(2)29(28-15)25-18(4)27-26-17(3)23(25)24-21-11-7-5-9-19(21)20-10-6-8-12-22(20)24/h5-14,27H,1-4H3/q+1. The first kappa shape index (κ1) is 17.6. The topological polar surface area (TPSA) is 41.2 Å². The molecule has 5 rings (SSSR count). The number of hydrogen-bond donors (Lipinski definition) is 1. The van der Waals surface area contributed by atoms with Gasteiger partial charge in [0, 0.05) is 23.7 Å². The maximum Gasteiger partial charge on any atom is 0.268 e. The normalized spacial score (nSPS) is 15.1. The predicted molar refractivity (Wildman–Crippen MR) is 117 cm³/mol. The fraction of sp³-hybridized carbons (Fsp3) is 0.160. The zero-order valence-electron chi connectivity index (χ0n) is 17.1. The van der Waals surface area contributed by atoms with Gasteiger partial charge in [-0.2, -0.15) is 5.10 Å². The van der Waals surface area contributed by atoms with E-state index in [0.717, 1.165) is 34.1 Å². The molecule has 2 heterocycles. The lowest BCUT2D eigenvalue weighted by Crippen LogP contribution is -2.45. The Morgan fingerprint density at radius 2 is 1.28 bits per heavy atom. The van der Waals surface area contributed by atoms with Crippen LogP contribution in [0.4, 0.5) is 0 Å². The van der Waals surface area contributed by atoms with Crippen LogP contribution >= 0.6 is 0 Å². The number of rotatable bonds is 1. The molecule has 1 aliphatic heterocycles. The van der Waals surface area contributed by atoms with Gasteiger partial charge in [0.2, 0.25) is 5.69 Å². The molecule has 0 unspecified atom stereocenters. The largest absolute Gasteiger partial charge is 0.276 e. The number of aryl methyl sites for hydroxylation is 2. The third kappa shape index (κ3) is 2.64. The fourth-order valence-corrected chi connectivity index (χ4v) is 4.29. The number of fused-ring (bicyclic) bond motifs is 3. The van der Waals surface area contributed by atoms with E-state index in [1.807, 2.05) is 17.7 Å². The highest BCUT2D eigenvalue weighted by Crippen LogP contribution is 2.47. The number of benzene rings is 2. The fourth-order valence-electron chi connectivity index (χ4n) is 4.29. The molecule has 2 aliphatic rings. The zero-order valence-corrected chi connectivity index (χ0v) is 17.1. The Bertz CT molecular complexity index is 1210. The molecular formula is C25H23N4+. The van der Waals surface area contributed by atoms with Crippen LogP contribution in [0.5, 0.6) is 0 Å². The zero-order chi connectivity index (χ0) is 20.1. The Morgan fingerprint density at radius 3 is 1.90 bits per heavy atom. The van der Waals surface area contributed by atoms with Gasteiger partial charge in [-0.25, -0.2) is 0 Å². The van der Waals surface area contributed by atoms with Gasteiger partial charge in [0.1, 0.15) is 11.4 Å². The average Bonchev–Trinajstić information content (AvgIpc) is 3.06. The summed E-state index contributed by atoms with van der Waals surface area (Å²) in [5.41, 5.74) is 15.7. The van der Waals surface area contributed by atoms with Gasteiger partial charge < -0.3 is 0 Å². The first-order valence-electron chi connectivity index (χ1n) is 9.88. The first-order chi connectivity index (χ1) is 14.1. The highest BCUT2D eigenvalue weighted by atomic mass is 15.3. The number of hydrazone groups is 1. The van der Waals surface area contributed by atoms with Crippen molar-refractivity contribution >= 4 is 17.0 Å². The van der Waals surface area contributed by atoms with Crippen LogP contribution in [0.1, 0.15) is 36.4 Å². The van der Waals surface area contributed by atoms with Crippen molar-refractivity contribution in [2.75, 3.05) is 0 Å². The lowest BCUT2D eigenvalue weighted by Gasteiger charge is -2.19. The molecular weight excluding hydrogens is 356 g/mol.